The molecule has 0 amide bonds. The highest BCUT2D eigenvalue weighted by Gasteiger charge is 2.18. The van der Waals surface area contributed by atoms with Crippen LogP contribution in [-0.4, -0.2) is 18.7 Å². The van der Waals surface area contributed by atoms with Gasteiger partial charge in [0.25, 0.3) is 15.6 Å². The number of para-hydroxylation sites is 2. The molecule has 0 atom stereocenters. The Hall–Kier alpha value is -1.40. The van der Waals surface area contributed by atoms with Crippen molar-refractivity contribution in [2.75, 3.05) is 5.75 Å². The molecule has 17 heavy (non-hydrogen) atoms. The molecule has 0 aliphatic carbocycles. The molecule has 1 N–H and O–H groups in total. The van der Waals surface area contributed by atoms with Gasteiger partial charge in [0, 0.05) is 12.5 Å². The Kier molecular flexibility index (Phi) is 3.17. The Morgan fingerprint density at radius 3 is 2.76 bits per heavy atom. The van der Waals surface area contributed by atoms with Crippen LogP contribution in [0.3, 0.4) is 0 Å². The number of oxazole rings is 1. The first-order valence-corrected chi connectivity index (χ1v) is 6.91. The number of hydrogen-bond donors (Lipinski definition) is 1. The van der Waals surface area contributed by atoms with Gasteiger partial charge in [-0.3, -0.25) is 4.55 Å². The predicted molar refractivity (Wildman–Crippen MR) is 62.2 cm³/mol. The zero-order valence-electron chi connectivity index (χ0n) is 9.46. The molecule has 0 saturated carbocycles. The molecule has 1 heterocycles. The molecule has 2 aromatic rings. The maximum absolute atomic E-state index is 10.6. The molecule has 0 fully saturated rings. The maximum Gasteiger partial charge on any atom is 0.344 e. The number of nitrogens with zero attached hydrogens (tertiary/aromatic N) is 1. The Labute approximate surface area is 99.4 Å². The standard InChI is InChI=1S/C11H13NO4S/c1-9-12(7-4-8-17(13,14)15)10-5-2-3-6-11(10)16-9/h2-3,5-6H,4,7-8H2,1H3/p+1. The lowest BCUT2D eigenvalue weighted by Crippen LogP contribution is -2.36. The van der Waals surface area contributed by atoms with Crippen molar-refractivity contribution in [3.05, 3.63) is 30.2 Å². The Balaban J connectivity index is 2.21. The van der Waals surface area contributed by atoms with Crippen molar-refractivity contribution in [1.29, 1.82) is 0 Å². The van der Waals surface area contributed by atoms with Crippen molar-refractivity contribution in [3.63, 3.8) is 0 Å². The maximum atomic E-state index is 10.6. The van der Waals surface area contributed by atoms with Crippen LogP contribution in [0.25, 0.3) is 11.1 Å². The first-order valence-electron chi connectivity index (χ1n) is 5.30. The fraction of sp³-hybridized carbons (Fsp3) is 0.364. The monoisotopic (exact) mass is 256 g/mol. The predicted octanol–water partition coefficient (Wildman–Crippen LogP) is 1.31. The van der Waals surface area contributed by atoms with Gasteiger partial charge in [0.2, 0.25) is 5.58 Å². The summed E-state index contributed by atoms with van der Waals surface area (Å²) >= 11 is 0. The van der Waals surface area contributed by atoms with Gasteiger partial charge in [-0.05, 0) is 6.07 Å². The summed E-state index contributed by atoms with van der Waals surface area (Å²) in [7, 11) is -3.89. The molecule has 0 aliphatic rings. The van der Waals surface area contributed by atoms with E-state index in [1.54, 1.807) is 0 Å². The summed E-state index contributed by atoms with van der Waals surface area (Å²) in [5, 5.41) is 0. The summed E-state index contributed by atoms with van der Waals surface area (Å²) in [5.41, 5.74) is 1.71. The molecule has 92 valence electrons. The Bertz CT molecular complexity index is 630. The second kappa shape index (κ2) is 4.46. The third-order valence-corrected chi connectivity index (χ3v) is 3.38. The minimum Gasteiger partial charge on any atom is -0.402 e. The van der Waals surface area contributed by atoms with E-state index in [1.165, 1.54) is 0 Å². The van der Waals surface area contributed by atoms with Crippen molar-refractivity contribution in [2.45, 2.75) is 19.9 Å². The van der Waals surface area contributed by atoms with Crippen LogP contribution < -0.4 is 4.57 Å². The first-order chi connectivity index (χ1) is 7.97. The van der Waals surface area contributed by atoms with E-state index >= 15 is 0 Å². The number of aryl methyl sites for hydroxylation is 2. The number of rotatable bonds is 4. The first kappa shape index (κ1) is 12.1. The van der Waals surface area contributed by atoms with E-state index in [9.17, 15) is 8.42 Å². The smallest absolute Gasteiger partial charge is 0.344 e. The lowest BCUT2D eigenvalue weighted by molar-refractivity contribution is -0.682. The number of aromatic nitrogens is 1. The normalized spacial score (nSPS) is 12.1. The number of hydrogen-bond acceptors (Lipinski definition) is 3. The van der Waals surface area contributed by atoms with E-state index < -0.39 is 10.1 Å². The summed E-state index contributed by atoms with van der Waals surface area (Å²) in [6, 6.07) is 7.56. The molecular formula is C11H14NO4S+. The molecule has 2 rings (SSSR count). The second-order valence-corrected chi connectivity index (χ2v) is 5.45. The van der Waals surface area contributed by atoms with Gasteiger partial charge in [-0.15, -0.1) is 0 Å². The lowest BCUT2D eigenvalue weighted by Gasteiger charge is -1.95. The molecular weight excluding hydrogens is 242 g/mol. The molecule has 5 nitrogen and oxygen atoms in total. The zero-order chi connectivity index (χ0) is 12.5. The van der Waals surface area contributed by atoms with E-state index in [0.29, 0.717) is 13.0 Å². The highest BCUT2D eigenvalue weighted by atomic mass is 32.2. The van der Waals surface area contributed by atoms with Crippen molar-refractivity contribution >= 4 is 21.2 Å². The largest absolute Gasteiger partial charge is 0.402 e. The lowest BCUT2D eigenvalue weighted by atomic mass is 10.3. The molecule has 0 saturated heterocycles. The third-order valence-electron chi connectivity index (χ3n) is 2.58. The zero-order valence-corrected chi connectivity index (χ0v) is 10.3. The fourth-order valence-electron chi connectivity index (χ4n) is 1.83. The number of fused-ring (bicyclic) bond motifs is 1. The minimum absolute atomic E-state index is 0.237. The summed E-state index contributed by atoms with van der Waals surface area (Å²) < 4.78 is 37.4. The van der Waals surface area contributed by atoms with Crippen LogP contribution in [0, 0.1) is 6.92 Å². The van der Waals surface area contributed by atoms with Gasteiger partial charge in [0.15, 0.2) is 6.54 Å². The summed E-state index contributed by atoms with van der Waals surface area (Å²) in [4.78, 5) is 0. The molecule has 0 spiro atoms. The van der Waals surface area contributed by atoms with Crippen LogP contribution in [0.5, 0.6) is 0 Å². The average molecular weight is 256 g/mol. The third kappa shape index (κ3) is 2.83. The second-order valence-electron chi connectivity index (χ2n) is 3.88. The Morgan fingerprint density at radius 2 is 2.06 bits per heavy atom. The van der Waals surface area contributed by atoms with Gasteiger partial charge in [0.1, 0.15) is 0 Å². The molecule has 0 unspecified atom stereocenters. The van der Waals surface area contributed by atoms with E-state index in [0.717, 1.165) is 17.0 Å². The van der Waals surface area contributed by atoms with Crippen LogP contribution >= 0.6 is 0 Å². The van der Waals surface area contributed by atoms with Crippen LogP contribution in [-0.2, 0) is 16.7 Å². The molecule has 0 bridgehead atoms. The molecule has 1 aromatic heterocycles. The highest BCUT2D eigenvalue weighted by molar-refractivity contribution is 7.85. The summed E-state index contributed by atoms with van der Waals surface area (Å²) in [6.07, 6.45) is 0.355. The van der Waals surface area contributed by atoms with Gasteiger partial charge < -0.3 is 4.42 Å². The fourth-order valence-corrected chi connectivity index (χ4v) is 2.33. The van der Waals surface area contributed by atoms with Crippen molar-refractivity contribution in [1.82, 2.24) is 0 Å². The van der Waals surface area contributed by atoms with Crippen LogP contribution in [0.15, 0.2) is 28.7 Å². The SMILES string of the molecule is Cc1oc2ccccc2[n+]1CCCS(=O)(=O)O. The molecule has 6 heteroatoms. The molecule has 0 radical (unpaired) electrons. The van der Waals surface area contributed by atoms with Crippen molar-refractivity contribution in [3.8, 4) is 0 Å². The number of benzene rings is 1. The van der Waals surface area contributed by atoms with Gasteiger partial charge in [-0.1, -0.05) is 12.1 Å². The minimum atomic E-state index is -3.89. The van der Waals surface area contributed by atoms with Gasteiger partial charge >= 0.3 is 5.89 Å². The van der Waals surface area contributed by atoms with Crippen LogP contribution in [0.1, 0.15) is 12.3 Å². The molecule has 1 aromatic carbocycles. The highest BCUT2D eigenvalue weighted by Crippen LogP contribution is 2.12. The van der Waals surface area contributed by atoms with E-state index in [1.807, 2.05) is 35.8 Å². The van der Waals surface area contributed by atoms with Crippen molar-refractivity contribution < 1.29 is 22.0 Å². The van der Waals surface area contributed by atoms with Gasteiger partial charge in [0.05, 0.1) is 12.7 Å². The van der Waals surface area contributed by atoms with Gasteiger partial charge in [-0.25, -0.2) is 0 Å². The summed E-state index contributed by atoms with van der Waals surface area (Å²) in [6.45, 7) is 2.33. The van der Waals surface area contributed by atoms with Crippen molar-refractivity contribution in [2.24, 2.45) is 0 Å². The van der Waals surface area contributed by atoms with Gasteiger partial charge in [-0.2, -0.15) is 13.0 Å². The van der Waals surface area contributed by atoms with E-state index in [4.69, 9.17) is 8.97 Å². The van der Waals surface area contributed by atoms with E-state index in [2.05, 4.69) is 0 Å². The summed E-state index contributed by atoms with van der Waals surface area (Å²) in [5.74, 6) is 0.486. The van der Waals surface area contributed by atoms with Crippen LogP contribution in [0.2, 0.25) is 0 Å². The quantitative estimate of drug-likeness (QED) is 0.661. The topological polar surface area (TPSA) is 71.4 Å². The average Bonchev–Trinajstić information content (AvgIpc) is 2.54. The van der Waals surface area contributed by atoms with E-state index in [-0.39, 0.29) is 5.75 Å². The molecule has 0 aliphatic heterocycles. The Morgan fingerprint density at radius 1 is 1.35 bits per heavy atom. The van der Waals surface area contributed by atoms with Crippen LogP contribution in [0.4, 0.5) is 0 Å².